The summed E-state index contributed by atoms with van der Waals surface area (Å²) in [5.41, 5.74) is 7.54. The van der Waals surface area contributed by atoms with Gasteiger partial charge in [-0.05, 0) is 43.5 Å². The summed E-state index contributed by atoms with van der Waals surface area (Å²) in [6.45, 7) is 1.59. The van der Waals surface area contributed by atoms with Crippen LogP contribution in [0.4, 0.5) is 5.69 Å². The maximum atomic E-state index is 12.5. The van der Waals surface area contributed by atoms with Crippen LogP contribution in [0.3, 0.4) is 0 Å². The van der Waals surface area contributed by atoms with Gasteiger partial charge in [-0.15, -0.1) is 0 Å². The quantitative estimate of drug-likeness (QED) is 0.900. The Hall–Kier alpha value is -2.14. The Morgan fingerprint density at radius 2 is 2.19 bits per heavy atom. The lowest BCUT2D eigenvalue weighted by atomic mass is 9.98. The van der Waals surface area contributed by atoms with Crippen molar-refractivity contribution in [2.75, 3.05) is 11.9 Å². The van der Waals surface area contributed by atoms with Gasteiger partial charge in [0, 0.05) is 24.6 Å². The molecule has 1 unspecified atom stereocenters. The summed E-state index contributed by atoms with van der Waals surface area (Å²) < 4.78 is 2.07. The fourth-order valence-corrected chi connectivity index (χ4v) is 2.81. The Balaban J connectivity index is 1.70. The van der Waals surface area contributed by atoms with E-state index in [0.717, 1.165) is 37.3 Å². The molecule has 1 aromatic carbocycles. The van der Waals surface area contributed by atoms with Crippen LogP contribution in [0.25, 0.3) is 0 Å². The van der Waals surface area contributed by atoms with Crippen molar-refractivity contribution in [2.24, 2.45) is 5.73 Å². The summed E-state index contributed by atoms with van der Waals surface area (Å²) in [5, 5.41) is 2.99. The Morgan fingerprint density at radius 1 is 1.38 bits per heavy atom. The number of aromatic nitrogens is 2. The van der Waals surface area contributed by atoms with Gasteiger partial charge in [0.2, 0.25) is 5.91 Å². The molecule has 2 aromatic rings. The van der Waals surface area contributed by atoms with Crippen LogP contribution in [0.15, 0.2) is 36.7 Å². The second kappa shape index (κ2) is 6.10. The number of anilines is 1. The average molecular weight is 284 g/mol. The standard InChI is InChI=1S/C16H20N4O/c17-8-7-12-3-5-13(6-4-12)19-16(21)14-2-1-10-20-11-9-18-15(14)20/h3-6,9,11,14H,1-2,7-8,10,17H2,(H,19,21). The van der Waals surface area contributed by atoms with Crippen molar-refractivity contribution < 1.29 is 4.79 Å². The Kier molecular flexibility index (Phi) is 4.01. The zero-order valence-electron chi connectivity index (χ0n) is 12.0. The first kappa shape index (κ1) is 13.8. The average Bonchev–Trinajstić information content (AvgIpc) is 2.98. The molecule has 1 atom stereocenters. The molecule has 0 aliphatic carbocycles. The van der Waals surface area contributed by atoms with Gasteiger partial charge in [-0.1, -0.05) is 12.1 Å². The summed E-state index contributed by atoms with van der Waals surface area (Å²) in [6, 6.07) is 7.87. The molecule has 1 amide bonds. The number of carbonyl (C=O) groups is 1. The fraction of sp³-hybridized carbons (Fsp3) is 0.375. The number of nitrogens with zero attached hydrogens (tertiary/aromatic N) is 2. The number of amides is 1. The van der Waals surface area contributed by atoms with E-state index in [2.05, 4.69) is 14.9 Å². The zero-order valence-corrected chi connectivity index (χ0v) is 12.0. The van der Waals surface area contributed by atoms with Gasteiger partial charge in [-0.2, -0.15) is 0 Å². The van der Waals surface area contributed by atoms with E-state index >= 15 is 0 Å². The minimum Gasteiger partial charge on any atom is -0.334 e. The number of imidazole rings is 1. The van der Waals surface area contributed by atoms with E-state index in [4.69, 9.17) is 5.73 Å². The van der Waals surface area contributed by atoms with Crippen molar-refractivity contribution >= 4 is 11.6 Å². The molecule has 0 saturated heterocycles. The lowest BCUT2D eigenvalue weighted by molar-refractivity contribution is -0.118. The molecule has 0 radical (unpaired) electrons. The number of fused-ring (bicyclic) bond motifs is 1. The Labute approximate surface area is 124 Å². The van der Waals surface area contributed by atoms with Crippen LogP contribution in [0.5, 0.6) is 0 Å². The summed E-state index contributed by atoms with van der Waals surface area (Å²) >= 11 is 0. The van der Waals surface area contributed by atoms with Gasteiger partial charge >= 0.3 is 0 Å². The third-order valence-corrected chi connectivity index (χ3v) is 3.92. The molecule has 3 rings (SSSR count). The van der Waals surface area contributed by atoms with Crippen LogP contribution in [-0.4, -0.2) is 22.0 Å². The first-order valence-electron chi connectivity index (χ1n) is 7.39. The van der Waals surface area contributed by atoms with Crippen LogP contribution in [0, 0.1) is 0 Å². The summed E-state index contributed by atoms with van der Waals surface area (Å²) in [6.07, 6.45) is 6.43. The number of hydrogen-bond acceptors (Lipinski definition) is 3. The topological polar surface area (TPSA) is 72.9 Å². The van der Waals surface area contributed by atoms with E-state index in [0.29, 0.717) is 6.54 Å². The summed E-state index contributed by atoms with van der Waals surface area (Å²) in [7, 11) is 0. The van der Waals surface area contributed by atoms with E-state index in [9.17, 15) is 4.79 Å². The molecule has 21 heavy (non-hydrogen) atoms. The fourth-order valence-electron chi connectivity index (χ4n) is 2.81. The predicted octanol–water partition coefficient (Wildman–Crippen LogP) is 1.90. The SMILES string of the molecule is NCCc1ccc(NC(=O)C2CCCn3ccnc32)cc1. The minimum atomic E-state index is -0.155. The predicted molar refractivity (Wildman–Crippen MR) is 82.0 cm³/mol. The van der Waals surface area contributed by atoms with Crippen LogP contribution in [0.2, 0.25) is 0 Å². The third-order valence-electron chi connectivity index (χ3n) is 3.92. The van der Waals surface area contributed by atoms with Crippen LogP contribution in [0.1, 0.15) is 30.1 Å². The van der Waals surface area contributed by atoms with Gasteiger partial charge in [-0.25, -0.2) is 4.98 Å². The number of nitrogens with two attached hydrogens (primary N) is 1. The Morgan fingerprint density at radius 3 is 2.95 bits per heavy atom. The van der Waals surface area contributed by atoms with Crippen molar-refractivity contribution in [3.8, 4) is 0 Å². The molecule has 1 aliphatic rings. The van der Waals surface area contributed by atoms with Crippen LogP contribution >= 0.6 is 0 Å². The van der Waals surface area contributed by atoms with E-state index in [1.807, 2.05) is 30.5 Å². The molecule has 0 fully saturated rings. The second-order valence-electron chi connectivity index (χ2n) is 5.40. The molecule has 5 nitrogen and oxygen atoms in total. The number of rotatable bonds is 4. The maximum absolute atomic E-state index is 12.5. The van der Waals surface area contributed by atoms with Gasteiger partial charge in [0.05, 0.1) is 5.92 Å². The normalized spacial score (nSPS) is 17.3. The maximum Gasteiger partial charge on any atom is 0.235 e. The number of aryl methyl sites for hydroxylation is 1. The van der Waals surface area contributed by atoms with E-state index in [-0.39, 0.29) is 11.8 Å². The summed E-state index contributed by atoms with van der Waals surface area (Å²) in [4.78, 5) is 16.8. The molecule has 0 spiro atoms. The number of benzene rings is 1. The molecule has 2 heterocycles. The highest BCUT2D eigenvalue weighted by molar-refractivity contribution is 5.95. The molecular weight excluding hydrogens is 264 g/mol. The van der Waals surface area contributed by atoms with Crippen LogP contribution in [-0.2, 0) is 17.8 Å². The van der Waals surface area contributed by atoms with Gasteiger partial charge in [0.1, 0.15) is 5.82 Å². The van der Waals surface area contributed by atoms with E-state index < -0.39 is 0 Å². The van der Waals surface area contributed by atoms with Gasteiger partial charge < -0.3 is 15.6 Å². The lowest BCUT2D eigenvalue weighted by Gasteiger charge is -2.22. The minimum absolute atomic E-state index is 0.0220. The van der Waals surface area contributed by atoms with Crippen molar-refractivity contribution in [1.29, 1.82) is 0 Å². The first-order valence-corrected chi connectivity index (χ1v) is 7.39. The largest absolute Gasteiger partial charge is 0.334 e. The van der Waals surface area contributed by atoms with Crippen molar-refractivity contribution in [3.05, 3.63) is 48.0 Å². The molecule has 5 heteroatoms. The van der Waals surface area contributed by atoms with Gasteiger partial charge in [-0.3, -0.25) is 4.79 Å². The highest BCUT2D eigenvalue weighted by Gasteiger charge is 2.27. The number of hydrogen-bond donors (Lipinski definition) is 2. The molecule has 3 N–H and O–H groups in total. The molecule has 0 saturated carbocycles. The molecular formula is C16H20N4O. The number of carbonyl (C=O) groups excluding carboxylic acids is 1. The highest BCUT2D eigenvalue weighted by Crippen LogP contribution is 2.27. The van der Waals surface area contributed by atoms with E-state index in [1.54, 1.807) is 6.20 Å². The lowest BCUT2D eigenvalue weighted by Crippen LogP contribution is -2.27. The Bertz CT molecular complexity index is 617. The molecule has 1 aliphatic heterocycles. The zero-order chi connectivity index (χ0) is 14.7. The second-order valence-corrected chi connectivity index (χ2v) is 5.40. The van der Waals surface area contributed by atoms with E-state index in [1.165, 1.54) is 5.56 Å². The monoisotopic (exact) mass is 284 g/mol. The van der Waals surface area contributed by atoms with Gasteiger partial charge in [0.15, 0.2) is 0 Å². The van der Waals surface area contributed by atoms with Crippen molar-refractivity contribution in [3.63, 3.8) is 0 Å². The smallest absolute Gasteiger partial charge is 0.235 e. The molecule has 1 aromatic heterocycles. The highest BCUT2D eigenvalue weighted by atomic mass is 16.1. The molecule has 0 bridgehead atoms. The van der Waals surface area contributed by atoms with Crippen molar-refractivity contribution in [1.82, 2.24) is 9.55 Å². The summed E-state index contributed by atoms with van der Waals surface area (Å²) in [5.74, 6) is 0.740. The van der Waals surface area contributed by atoms with Gasteiger partial charge in [0.25, 0.3) is 0 Å². The first-order chi connectivity index (χ1) is 10.3. The number of nitrogens with one attached hydrogen (secondary N) is 1. The molecule has 110 valence electrons. The van der Waals surface area contributed by atoms with Crippen molar-refractivity contribution in [2.45, 2.75) is 31.7 Å². The third kappa shape index (κ3) is 2.97. The van der Waals surface area contributed by atoms with Crippen LogP contribution < -0.4 is 11.1 Å².